The summed E-state index contributed by atoms with van der Waals surface area (Å²) in [5.74, 6) is -0.314. The smallest absolute Gasteiger partial charge is 0.406 e. The highest BCUT2D eigenvalue weighted by atomic mass is 16.6. The van der Waals surface area contributed by atoms with E-state index in [-0.39, 0.29) is 11.6 Å². The van der Waals surface area contributed by atoms with Crippen molar-refractivity contribution in [3.8, 4) is 5.75 Å². The summed E-state index contributed by atoms with van der Waals surface area (Å²) in [6.45, 7) is 1.73. The van der Waals surface area contributed by atoms with Gasteiger partial charge in [0.15, 0.2) is 6.20 Å². The van der Waals surface area contributed by atoms with Gasteiger partial charge in [-0.05, 0) is 16.8 Å². The van der Waals surface area contributed by atoms with Crippen LogP contribution in [0, 0.1) is 10.1 Å². The van der Waals surface area contributed by atoms with Crippen molar-refractivity contribution in [1.29, 1.82) is 0 Å². The molecule has 0 saturated carbocycles. The molecule has 0 radical (unpaired) electrons. The van der Waals surface area contributed by atoms with Crippen LogP contribution in [0.25, 0.3) is 0 Å². The van der Waals surface area contributed by atoms with Crippen LogP contribution in [-0.4, -0.2) is 9.91 Å². The molecule has 0 aliphatic carbocycles. The topological polar surface area (TPSA) is 91.3 Å². The third-order valence-electron chi connectivity index (χ3n) is 1.36. The highest BCUT2D eigenvalue weighted by molar-refractivity contribution is 5.50. The van der Waals surface area contributed by atoms with Crippen LogP contribution in [0.1, 0.15) is 6.92 Å². The number of hydrogen-bond donors (Lipinski definition) is 1. The van der Waals surface area contributed by atoms with Crippen LogP contribution in [-0.2, 0) is 0 Å². The molecule has 1 rings (SSSR count). The van der Waals surface area contributed by atoms with E-state index in [1.165, 1.54) is 18.5 Å². The normalized spacial score (nSPS) is 10.4. The number of nitrogens with zero attached hydrogens (tertiary/aromatic N) is 2. The van der Waals surface area contributed by atoms with Crippen LogP contribution >= 0.6 is 0 Å². The minimum absolute atomic E-state index is 0.0353. The number of ether oxygens (including phenoxy) is 1. The van der Waals surface area contributed by atoms with Crippen molar-refractivity contribution in [2.45, 2.75) is 6.92 Å². The molecule has 14 heavy (non-hydrogen) atoms. The summed E-state index contributed by atoms with van der Waals surface area (Å²) in [5, 5.41) is 10.5. The molecule has 0 bridgehead atoms. The van der Waals surface area contributed by atoms with E-state index >= 15 is 0 Å². The molecule has 6 heteroatoms. The minimum atomic E-state index is -0.627. The van der Waals surface area contributed by atoms with Crippen LogP contribution in [0.2, 0.25) is 0 Å². The molecule has 2 N–H and O–H groups in total. The summed E-state index contributed by atoms with van der Waals surface area (Å²) < 4.78 is 4.96. The number of anilines is 1. The molecule has 1 aromatic heterocycles. The lowest BCUT2D eigenvalue weighted by molar-refractivity contribution is -0.390. The predicted octanol–water partition coefficient (Wildman–Crippen LogP) is 1.48. The second kappa shape index (κ2) is 4.22. The third kappa shape index (κ3) is 2.19. The van der Waals surface area contributed by atoms with E-state index in [1.807, 2.05) is 0 Å². The second-order valence-electron chi connectivity index (χ2n) is 2.43. The predicted molar refractivity (Wildman–Crippen MR) is 50.7 cm³/mol. The van der Waals surface area contributed by atoms with Crippen LogP contribution in [0.15, 0.2) is 24.6 Å². The van der Waals surface area contributed by atoms with Crippen LogP contribution in [0.5, 0.6) is 5.75 Å². The van der Waals surface area contributed by atoms with Crippen molar-refractivity contribution in [2.75, 3.05) is 5.73 Å². The molecule has 0 spiro atoms. The summed E-state index contributed by atoms with van der Waals surface area (Å²) in [6.07, 6.45) is 4.14. The molecule has 0 atom stereocenters. The van der Waals surface area contributed by atoms with E-state index in [1.54, 1.807) is 13.0 Å². The first-order chi connectivity index (χ1) is 6.65. The van der Waals surface area contributed by atoms with Gasteiger partial charge in [-0.1, -0.05) is 6.08 Å². The standard InChI is InChI=1S/C8H9N3O3/c1-2-3-14-7-4-6(9)5-10-8(7)11(12)13/h2-5H,9H2,1H3. The molecule has 0 amide bonds. The van der Waals surface area contributed by atoms with Crippen LogP contribution in [0.4, 0.5) is 11.5 Å². The summed E-state index contributed by atoms with van der Waals surface area (Å²) in [5.41, 5.74) is 5.73. The van der Waals surface area contributed by atoms with Gasteiger partial charge in [-0.3, -0.25) is 0 Å². The Balaban J connectivity index is 3.09. The van der Waals surface area contributed by atoms with Gasteiger partial charge in [-0.2, -0.15) is 0 Å². The fourth-order valence-corrected chi connectivity index (χ4v) is 0.818. The largest absolute Gasteiger partial charge is 0.456 e. The van der Waals surface area contributed by atoms with Gasteiger partial charge in [-0.15, -0.1) is 0 Å². The average molecular weight is 195 g/mol. The summed E-state index contributed by atoms with van der Waals surface area (Å²) in [7, 11) is 0. The van der Waals surface area contributed by atoms with Crippen LogP contribution < -0.4 is 10.5 Å². The Morgan fingerprint density at radius 2 is 2.43 bits per heavy atom. The summed E-state index contributed by atoms with van der Waals surface area (Å²) >= 11 is 0. The maximum Gasteiger partial charge on any atom is 0.406 e. The molecule has 0 unspecified atom stereocenters. The Bertz CT molecular complexity index is 376. The molecule has 0 aliphatic rings. The number of nitro groups is 1. The van der Waals surface area contributed by atoms with Crippen molar-refractivity contribution >= 4 is 11.5 Å². The van der Waals surface area contributed by atoms with Gasteiger partial charge in [0.1, 0.15) is 0 Å². The van der Waals surface area contributed by atoms with Gasteiger partial charge in [0.2, 0.25) is 5.75 Å². The van der Waals surface area contributed by atoms with Crippen molar-refractivity contribution in [1.82, 2.24) is 4.98 Å². The first-order valence-corrected chi connectivity index (χ1v) is 3.83. The number of nitrogens with two attached hydrogens (primary N) is 1. The Hall–Kier alpha value is -2.11. The Labute approximate surface area is 80.2 Å². The monoisotopic (exact) mass is 195 g/mol. The Morgan fingerprint density at radius 3 is 3.00 bits per heavy atom. The van der Waals surface area contributed by atoms with Crippen LogP contribution in [0.3, 0.4) is 0 Å². The van der Waals surface area contributed by atoms with Crippen molar-refractivity contribution in [2.24, 2.45) is 0 Å². The van der Waals surface area contributed by atoms with Crippen molar-refractivity contribution in [3.05, 3.63) is 34.7 Å². The summed E-state index contributed by atoms with van der Waals surface area (Å²) in [6, 6.07) is 1.35. The van der Waals surface area contributed by atoms with Crippen molar-refractivity contribution in [3.63, 3.8) is 0 Å². The van der Waals surface area contributed by atoms with E-state index in [0.29, 0.717) is 5.69 Å². The minimum Gasteiger partial charge on any atom is -0.456 e. The van der Waals surface area contributed by atoms with Gasteiger partial charge in [-0.25, -0.2) is 0 Å². The van der Waals surface area contributed by atoms with Gasteiger partial charge in [0.25, 0.3) is 0 Å². The van der Waals surface area contributed by atoms with Gasteiger partial charge >= 0.3 is 5.82 Å². The molecule has 6 nitrogen and oxygen atoms in total. The van der Waals surface area contributed by atoms with Gasteiger partial charge in [0.05, 0.1) is 11.9 Å². The van der Waals surface area contributed by atoms with E-state index in [0.717, 1.165) is 0 Å². The lowest BCUT2D eigenvalue weighted by Crippen LogP contribution is -1.97. The highest BCUT2D eigenvalue weighted by Gasteiger charge is 2.16. The zero-order chi connectivity index (χ0) is 10.6. The number of rotatable bonds is 3. The maximum atomic E-state index is 10.5. The second-order valence-corrected chi connectivity index (χ2v) is 2.43. The molecule has 1 heterocycles. The maximum absolute atomic E-state index is 10.5. The first-order valence-electron chi connectivity index (χ1n) is 3.83. The first kappa shape index (κ1) is 9.97. The fourth-order valence-electron chi connectivity index (χ4n) is 0.818. The molecule has 0 aliphatic heterocycles. The fraction of sp³-hybridized carbons (Fsp3) is 0.125. The number of hydrogen-bond acceptors (Lipinski definition) is 5. The molecular formula is C8H9N3O3. The van der Waals surface area contributed by atoms with E-state index in [2.05, 4.69) is 4.98 Å². The molecule has 0 aromatic carbocycles. The number of allylic oxidation sites excluding steroid dienone is 1. The van der Waals surface area contributed by atoms with Gasteiger partial charge in [0, 0.05) is 6.07 Å². The Kier molecular flexibility index (Phi) is 3.01. The van der Waals surface area contributed by atoms with E-state index < -0.39 is 4.92 Å². The highest BCUT2D eigenvalue weighted by Crippen LogP contribution is 2.25. The SMILES string of the molecule is CC=COc1cc(N)cnc1[N+](=O)[O-]. The van der Waals surface area contributed by atoms with Gasteiger partial charge < -0.3 is 20.6 Å². The van der Waals surface area contributed by atoms with E-state index in [9.17, 15) is 10.1 Å². The summed E-state index contributed by atoms with van der Waals surface area (Å²) in [4.78, 5) is 13.4. The van der Waals surface area contributed by atoms with Crippen molar-refractivity contribution < 1.29 is 9.66 Å². The molecule has 74 valence electrons. The molecule has 0 saturated heterocycles. The number of nitrogen functional groups attached to an aromatic ring is 1. The quantitative estimate of drug-likeness (QED) is 0.448. The molecular weight excluding hydrogens is 186 g/mol. The third-order valence-corrected chi connectivity index (χ3v) is 1.36. The number of pyridine rings is 1. The zero-order valence-electron chi connectivity index (χ0n) is 7.51. The lowest BCUT2D eigenvalue weighted by atomic mass is 10.4. The molecule has 0 fully saturated rings. The average Bonchev–Trinajstić information content (AvgIpc) is 2.14. The molecule has 1 aromatic rings. The zero-order valence-corrected chi connectivity index (χ0v) is 7.51. The Morgan fingerprint density at radius 1 is 1.71 bits per heavy atom. The lowest BCUT2D eigenvalue weighted by Gasteiger charge is -2.00. The number of aromatic nitrogens is 1. The van der Waals surface area contributed by atoms with E-state index in [4.69, 9.17) is 10.5 Å².